The number of amides is 1. The lowest BCUT2D eigenvalue weighted by molar-refractivity contribution is -0.119. The first-order valence-electron chi connectivity index (χ1n) is 8.65. The molecule has 1 fully saturated rings. The van der Waals surface area contributed by atoms with Gasteiger partial charge in [-0.15, -0.1) is 0 Å². The van der Waals surface area contributed by atoms with Crippen LogP contribution in [0.3, 0.4) is 0 Å². The molecule has 2 atom stereocenters. The van der Waals surface area contributed by atoms with Crippen molar-refractivity contribution >= 4 is 40.5 Å². The highest BCUT2D eigenvalue weighted by atomic mass is 35.5. The third-order valence-electron chi connectivity index (χ3n) is 4.25. The molecule has 0 aliphatic carbocycles. The van der Waals surface area contributed by atoms with Crippen molar-refractivity contribution < 1.29 is 9.53 Å². The molecule has 1 aliphatic rings. The van der Waals surface area contributed by atoms with Crippen LogP contribution in [0.25, 0.3) is 0 Å². The molecule has 5 nitrogen and oxygen atoms in total. The predicted molar refractivity (Wildman–Crippen MR) is 116 cm³/mol. The summed E-state index contributed by atoms with van der Waals surface area (Å²) in [4.78, 5) is 13.1. The molecule has 0 bridgehead atoms. The first-order chi connectivity index (χ1) is 13.5. The maximum atomic E-state index is 13.1. The molecular weight excluding hydrogens is 394 g/mol. The molecule has 1 amide bonds. The molecule has 144 valence electrons. The van der Waals surface area contributed by atoms with E-state index in [4.69, 9.17) is 28.6 Å². The van der Waals surface area contributed by atoms with Crippen molar-refractivity contribution in [3.8, 4) is 5.75 Å². The molecule has 0 spiro atoms. The first kappa shape index (κ1) is 19.9. The van der Waals surface area contributed by atoms with Gasteiger partial charge in [0.1, 0.15) is 18.3 Å². The molecule has 3 N–H and O–H groups in total. The summed E-state index contributed by atoms with van der Waals surface area (Å²) in [5, 5.41) is 9.96. The second-order valence-corrected chi connectivity index (χ2v) is 7.06. The monoisotopic (exact) mass is 413 g/mol. The second-order valence-electron chi connectivity index (χ2n) is 6.22. The highest BCUT2D eigenvalue weighted by Gasteiger charge is 2.38. The fourth-order valence-electron chi connectivity index (χ4n) is 3.06. The zero-order valence-electron chi connectivity index (χ0n) is 15.1. The van der Waals surface area contributed by atoms with Gasteiger partial charge in [-0.1, -0.05) is 55.1 Å². The minimum atomic E-state index is -0.626. The molecule has 1 heterocycles. The highest BCUT2D eigenvalue weighted by molar-refractivity contribution is 7.80. The Balaban J connectivity index is 1.93. The molecule has 3 rings (SSSR count). The number of rotatable bonds is 6. The molecule has 1 aliphatic heterocycles. The van der Waals surface area contributed by atoms with Gasteiger partial charge in [-0.25, -0.2) is 0 Å². The van der Waals surface area contributed by atoms with Crippen LogP contribution < -0.4 is 20.7 Å². The van der Waals surface area contributed by atoms with Crippen molar-refractivity contribution in [1.29, 1.82) is 0 Å². The lowest BCUT2D eigenvalue weighted by Gasteiger charge is -2.36. The van der Waals surface area contributed by atoms with Gasteiger partial charge in [-0.3, -0.25) is 4.79 Å². The van der Waals surface area contributed by atoms with Crippen molar-refractivity contribution in [3.05, 3.63) is 84.0 Å². The quantitative estimate of drug-likeness (QED) is 0.489. The standard InChI is InChI=1S/C21H20ClN3O2S/c1-3-11-27-17-10-5-4-9-16(17)19-18(13(2)23-21(28)25-19)20(26)24-15-8-6-7-14(22)12-15/h3-10,12,18-19H,1-2,11H2,(H,24,26)(H2,23,25,28)/t18-,19+/m0/s1. The Bertz CT molecular complexity index is 931. The average Bonchev–Trinajstić information content (AvgIpc) is 2.66. The summed E-state index contributed by atoms with van der Waals surface area (Å²) in [6, 6.07) is 14.0. The summed E-state index contributed by atoms with van der Waals surface area (Å²) >= 11 is 11.3. The Morgan fingerprint density at radius 3 is 2.82 bits per heavy atom. The number of hydrogen-bond donors (Lipinski definition) is 3. The third-order valence-corrected chi connectivity index (χ3v) is 4.71. The molecule has 2 aromatic carbocycles. The number of anilines is 1. The maximum Gasteiger partial charge on any atom is 0.235 e. The van der Waals surface area contributed by atoms with Crippen LogP contribution in [-0.4, -0.2) is 17.6 Å². The molecule has 2 aromatic rings. The summed E-state index contributed by atoms with van der Waals surface area (Å²) in [6.07, 6.45) is 1.67. The van der Waals surface area contributed by atoms with Gasteiger partial charge in [0, 0.05) is 22.0 Å². The number of nitrogens with one attached hydrogen (secondary N) is 3. The van der Waals surface area contributed by atoms with Crippen LogP contribution in [0.1, 0.15) is 11.6 Å². The molecule has 28 heavy (non-hydrogen) atoms. The van der Waals surface area contributed by atoms with E-state index < -0.39 is 12.0 Å². The lowest BCUT2D eigenvalue weighted by atomic mass is 9.87. The average molecular weight is 414 g/mol. The Hall–Kier alpha value is -2.83. The summed E-state index contributed by atoms with van der Waals surface area (Å²) < 4.78 is 5.77. The smallest absolute Gasteiger partial charge is 0.235 e. The molecule has 0 aromatic heterocycles. The Labute approximate surface area is 174 Å². The van der Waals surface area contributed by atoms with Crippen LogP contribution in [0.2, 0.25) is 5.02 Å². The minimum absolute atomic E-state index is 0.238. The Kier molecular flexibility index (Phi) is 6.34. The van der Waals surface area contributed by atoms with E-state index in [-0.39, 0.29) is 5.91 Å². The summed E-state index contributed by atoms with van der Waals surface area (Å²) in [7, 11) is 0. The Morgan fingerprint density at radius 2 is 2.07 bits per heavy atom. The number of ether oxygens (including phenoxy) is 1. The lowest BCUT2D eigenvalue weighted by Crippen LogP contribution is -2.51. The third kappa shape index (κ3) is 4.52. The molecule has 0 unspecified atom stereocenters. The van der Waals surface area contributed by atoms with Gasteiger partial charge in [0.05, 0.1) is 6.04 Å². The van der Waals surface area contributed by atoms with E-state index in [9.17, 15) is 4.79 Å². The van der Waals surface area contributed by atoms with Gasteiger partial charge in [0.25, 0.3) is 0 Å². The minimum Gasteiger partial charge on any atom is -0.489 e. The number of halogens is 1. The molecule has 0 radical (unpaired) electrons. The molecule has 0 saturated carbocycles. The van der Waals surface area contributed by atoms with Crippen LogP contribution in [0.5, 0.6) is 5.75 Å². The van der Waals surface area contributed by atoms with E-state index >= 15 is 0 Å². The van der Waals surface area contributed by atoms with E-state index in [0.717, 1.165) is 5.56 Å². The van der Waals surface area contributed by atoms with Crippen LogP contribution in [0, 0.1) is 5.92 Å². The van der Waals surface area contributed by atoms with Crippen LogP contribution in [0.4, 0.5) is 5.69 Å². The van der Waals surface area contributed by atoms with Crippen molar-refractivity contribution in [1.82, 2.24) is 10.6 Å². The fourth-order valence-corrected chi connectivity index (χ4v) is 3.50. The number of hydrogen-bond acceptors (Lipinski definition) is 3. The summed E-state index contributed by atoms with van der Waals surface area (Å²) in [6.45, 7) is 8.04. The Morgan fingerprint density at radius 1 is 1.29 bits per heavy atom. The second kappa shape index (κ2) is 8.91. The predicted octanol–water partition coefficient (Wildman–Crippen LogP) is 4.19. The fraction of sp³-hybridized carbons (Fsp3) is 0.143. The number of carbonyl (C=O) groups is 1. The molecule has 7 heteroatoms. The highest BCUT2D eigenvalue weighted by Crippen LogP contribution is 2.35. The number of carbonyl (C=O) groups excluding carboxylic acids is 1. The van der Waals surface area contributed by atoms with Crippen molar-refractivity contribution in [2.24, 2.45) is 5.92 Å². The van der Waals surface area contributed by atoms with Gasteiger partial charge in [-0.05, 0) is 36.5 Å². The number of thiocarbonyl (C=S) groups is 1. The number of para-hydroxylation sites is 1. The zero-order valence-corrected chi connectivity index (χ0v) is 16.6. The van der Waals surface area contributed by atoms with E-state index in [2.05, 4.69) is 29.1 Å². The zero-order chi connectivity index (χ0) is 20.1. The maximum absolute atomic E-state index is 13.1. The summed E-state index contributed by atoms with van der Waals surface area (Å²) in [5.41, 5.74) is 1.92. The summed E-state index contributed by atoms with van der Waals surface area (Å²) in [5.74, 6) is -0.213. The van der Waals surface area contributed by atoms with E-state index in [1.54, 1.807) is 30.3 Å². The largest absolute Gasteiger partial charge is 0.489 e. The van der Waals surface area contributed by atoms with Crippen molar-refractivity contribution in [2.45, 2.75) is 6.04 Å². The van der Waals surface area contributed by atoms with E-state index in [1.807, 2.05) is 24.3 Å². The van der Waals surface area contributed by atoms with Crippen molar-refractivity contribution in [3.63, 3.8) is 0 Å². The number of benzene rings is 2. The van der Waals surface area contributed by atoms with Gasteiger partial charge in [0.15, 0.2) is 5.11 Å². The van der Waals surface area contributed by atoms with Gasteiger partial charge < -0.3 is 20.7 Å². The van der Waals surface area contributed by atoms with Gasteiger partial charge >= 0.3 is 0 Å². The van der Waals surface area contributed by atoms with Gasteiger partial charge in [0.2, 0.25) is 5.91 Å². The first-order valence-corrected chi connectivity index (χ1v) is 9.43. The van der Waals surface area contributed by atoms with E-state index in [1.165, 1.54) is 0 Å². The SMILES string of the molecule is C=CCOc1ccccc1[C@H]1NC(=S)NC(=C)[C@@H]1C(=O)Nc1cccc(Cl)c1. The van der Waals surface area contributed by atoms with Crippen molar-refractivity contribution in [2.75, 3.05) is 11.9 Å². The van der Waals surface area contributed by atoms with Gasteiger partial charge in [-0.2, -0.15) is 0 Å². The molecular formula is C21H20ClN3O2S. The van der Waals surface area contributed by atoms with Crippen LogP contribution >= 0.6 is 23.8 Å². The molecule has 1 saturated heterocycles. The van der Waals surface area contributed by atoms with Crippen LogP contribution in [-0.2, 0) is 4.79 Å². The van der Waals surface area contributed by atoms with E-state index in [0.29, 0.717) is 33.9 Å². The van der Waals surface area contributed by atoms with Crippen LogP contribution in [0.15, 0.2) is 73.5 Å². The topological polar surface area (TPSA) is 62.4 Å². The normalized spacial score (nSPS) is 18.6.